The lowest BCUT2D eigenvalue weighted by Gasteiger charge is -2.26. The smallest absolute Gasteiger partial charge is 0.253 e. The number of benzene rings is 2. The molecule has 1 amide bonds. The third kappa shape index (κ3) is 7.78. The van der Waals surface area contributed by atoms with Gasteiger partial charge in [-0.15, -0.1) is 0 Å². The Morgan fingerprint density at radius 2 is 1.11 bits per heavy atom. The molecular weight excluding hydrogens is 334 g/mol. The fourth-order valence-corrected chi connectivity index (χ4v) is 2.76. The molecule has 3 nitrogen and oxygen atoms in total. The highest BCUT2D eigenvalue weighted by Crippen LogP contribution is 2.13. The van der Waals surface area contributed by atoms with E-state index in [1.807, 2.05) is 81.1 Å². The zero-order valence-electron chi connectivity index (χ0n) is 17.4. The van der Waals surface area contributed by atoms with Crippen molar-refractivity contribution in [2.45, 2.75) is 53.9 Å². The quantitative estimate of drug-likeness (QED) is 0.625. The Kier molecular flexibility index (Phi) is 10.1. The van der Waals surface area contributed by atoms with Gasteiger partial charge in [0.05, 0.1) is 0 Å². The molecule has 27 heavy (non-hydrogen) atoms. The maximum atomic E-state index is 12.0. The van der Waals surface area contributed by atoms with E-state index in [1.165, 1.54) is 17.5 Å². The molecule has 1 fully saturated rings. The maximum Gasteiger partial charge on any atom is 0.253 e. The lowest BCUT2D eigenvalue weighted by Crippen LogP contribution is -2.35. The molecular formula is C24H33NO2. The Labute approximate surface area is 164 Å². The van der Waals surface area contributed by atoms with Crippen molar-refractivity contribution in [2.75, 3.05) is 13.1 Å². The van der Waals surface area contributed by atoms with E-state index in [-0.39, 0.29) is 11.7 Å². The van der Waals surface area contributed by atoms with E-state index in [9.17, 15) is 9.59 Å². The molecule has 2 aromatic rings. The molecule has 0 spiro atoms. The molecule has 1 aliphatic heterocycles. The van der Waals surface area contributed by atoms with Gasteiger partial charge in [0.1, 0.15) is 0 Å². The number of rotatable bonds is 2. The summed E-state index contributed by atoms with van der Waals surface area (Å²) in [7, 11) is 0. The standard InChI is InChI=1S/C13H17NO.C9H10O.C2H6/c1-11-5-7-12(8-6-11)13(15)14-9-3-2-4-10-14;1-7-3-5-9(6-4-7)8(2)10;1-2/h5-8H,2-4,9-10H2,1H3;3-6H,1-2H3;1-2H3. The van der Waals surface area contributed by atoms with Gasteiger partial charge in [-0.2, -0.15) is 0 Å². The van der Waals surface area contributed by atoms with E-state index in [0.717, 1.165) is 37.1 Å². The summed E-state index contributed by atoms with van der Waals surface area (Å²) in [5.74, 6) is 0.315. The van der Waals surface area contributed by atoms with E-state index in [1.54, 1.807) is 6.92 Å². The minimum atomic E-state index is 0.125. The van der Waals surface area contributed by atoms with Crippen molar-refractivity contribution < 1.29 is 9.59 Å². The van der Waals surface area contributed by atoms with Crippen LogP contribution < -0.4 is 0 Å². The average molecular weight is 368 g/mol. The fraction of sp³-hybridized carbons (Fsp3) is 0.417. The lowest BCUT2D eigenvalue weighted by atomic mass is 10.1. The fourth-order valence-electron chi connectivity index (χ4n) is 2.76. The molecule has 0 bridgehead atoms. The molecule has 0 aliphatic carbocycles. The molecule has 3 heteroatoms. The third-order valence-electron chi connectivity index (χ3n) is 4.40. The normalized spacial score (nSPS) is 12.9. The number of hydrogen-bond acceptors (Lipinski definition) is 2. The van der Waals surface area contributed by atoms with E-state index in [2.05, 4.69) is 0 Å². The minimum absolute atomic E-state index is 0.125. The van der Waals surface area contributed by atoms with Crippen LogP contribution in [-0.4, -0.2) is 29.7 Å². The lowest BCUT2D eigenvalue weighted by molar-refractivity contribution is 0.0724. The largest absolute Gasteiger partial charge is 0.339 e. The summed E-state index contributed by atoms with van der Waals surface area (Å²) >= 11 is 0. The number of carbonyl (C=O) groups is 2. The van der Waals surface area contributed by atoms with Crippen molar-refractivity contribution in [3.8, 4) is 0 Å². The molecule has 0 saturated carbocycles. The summed E-state index contributed by atoms with van der Waals surface area (Å²) < 4.78 is 0. The predicted octanol–water partition coefficient (Wildman–Crippen LogP) is 5.84. The van der Waals surface area contributed by atoms with E-state index >= 15 is 0 Å². The Hall–Kier alpha value is -2.42. The van der Waals surface area contributed by atoms with Crippen LogP contribution in [0.1, 0.15) is 71.9 Å². The molecule has 0 atom stereocenters. The average Bonchev–Trinajstić information content (AvgIpc) is 2.71. The van der Waals surface area contributed by atoms with Crippen LogP contribution in [0.2, 0.25) is 0 Å². The van der Waals surface area contributed by atoms with Gasteiger partial charge in [-0.05, 0) is 52.2 Å². The first-order valence-corrected chi connectivity index (χ1v) is 9.91. The molecule has 146 valence electrons. The summed E-state index contributed by atoms with van der Waals surface area (Å²) in [5, 5.41) is 0. The van der Waals surface area contributed by atoms with Crippen LogP contribution in [0.15, 0.2) is 48.5 Å². The zero-order chi connectivity index (χ0) is 20.2. The zero-order valence-corrected chi connectivity index (χ0v) is 17.4. The van der Waals surface area contributed by atoms with Crippen molar-refractivity contribution in [3.63, 3.8) is 0 Å². The van der Waals surface area contributed by atoms with Gasteiger partial charge < -0.3 is 4.90 Å². The second-order valence-electron chi connectivity index (χ2n) is 6.64. The minimum Gasteiger partial charge on any atom is -0.339 e. The number of Topliss-reactive ketones (excluding diaryl/α,β-unsaturated/α-hetero) is 1. The molecule has 3 rings (SSSR count). The Bertz CT molecular complexity index is 696. The maximum absolute atomic E-state index is 12.0. The molecule has 0 N–H and O–H groups in total. The van der Waals surface area contributed by atoms with Crippen LogP contribution in [0.25, 0.3) is 0 Å². The first-order valence-electron chi connectivity index (χ1n) is 9.91. The third-order valence-corrected chi connectivity index (χ3v) is 4.40. The van der Waals surface area contributed by atoms with Gasteiger partial charge in [-0.3, -0.25) is 9.59 Å². The summed E-state index contributed by atoms with van der Waals surface area (Å²) in [6.07, 6.45) is 3.56. The first kappa shape index (κ1) is 22.6. The molecule has 1 saturated heterocycles. The number of amides is 1. The van der Waals surface area contributed by atoms with Gasteiger partial charge in [0.2, 0.25) is 0 Å². The number of nitrogens with zero attached hydrogens (tertiary/aromatic N) is 1. The van der Waals surface area contributed by atoms with Gasteiger partial charge in [0, 0.05) is 24.2 Å². The van der Waals surface area contributed by atoms with E-state index in [4.69, 9.17) is 0 Å². The SMILES string of the molecule is CC.CC(=O)c1ccc(C)cc1.Cc1ccc(C(=O)N2CCCCC2)cc1. The van der Waals surface area contributed by atoms with Gasteiger partial charge in [0.25, 0.3) is 5.91 Å². The van der Waals surface area contributed by atoms with Crippen molar-refractivity contribution >= 4 is 11.7 Å². The second kappa shape index (κ2) is 12.1. The Morgan fingerprint density at radius 1 is 0.704 bits per heavy atom. The van der Waals surface area contributed by atoms with Crippen molar-refractivity contribution in [1.82, 2.24) is 4.90 Å². The second-order valence-corrected chi connectivity index (χ2v) is 6.64. The number of likely N-dealkylation sites (tertiary alicyclic amines) is 1. The number of aryl methyl sites for hydroxylation is 2. The first-order chi connectivity index (χ1) is 13.0. The van der Waals surface area contributed by atoms with Gasteiger partial charge in [-0.25, -0.2) is 0 Å². The highest BCUT2D eigenvalue weighted by atomic mass is 16.2. The molecule has 0 aromatic heterocycles. The van der Waals surface area contributed by atoms with Gasteiger partial charge >= 0.3 is 0 Å². The number of piperidine rings is 1. The van der Waals surface area contributed by atoms with E-state index in [0.29, 0.717) is 0 Å². The highest BCUT2D eigenvalue weighted by molar-refractivity contribution is 5.94. The van der Waals surface area contributed by atoms with Crippen LogP contribution in [0, 0.1) is 13.8 Å². The number of ketones is 1. The van der Waals surface area contributed by atoms with Crippen molar-refractivity contribution in [3.05, 3.63) is 70.8 Å². The predicted molar refractivity (Wildman–Crippen MR) is 113 cm³/mol. The molecule has 0 radical (unpaired) electrons. The summed E-state index contributed by atoms with van der Waals surface area (Å²) in [4.78, 5) is 24.8. The Morgan fingerprint density at radius 3 is 1.52 bits per heavy atom. The molecule has 0 unspecified atom stereocenters. The van der Waals surface area contributed by atoms with Crippen LogP contribution in [0.5, 0.6) is 0 Å². The molecule has 2 aromatic carbocycles. The monoisotopic (exact) mass is 367 g/mol. The van der Waals surface area contributed by atoms with E-state index < -0.39 is 0 Å². The van der Waals surface area contributed by atoms with Crippen LogP contribution in [0.3, 0.4) is 0 Å². The van der Waals surface area contributed by atoms with Gasteiger partial charge in [-0.1, -0.05) is 61.4 Å². The number of hydrogen-bond donors (Lipinski definition) is 0. The van der Waals surface area contributed by atoms with Crippen LogP contribution in [0.4, 0.5) is 0 Å². The highest BCUT2D eigenvalue weighted by Gasteiger charge is 2.17. The topological polar surface area (TPSA) is 37.4 Å². The van der Waals surface area contributed by atoms with Crippen molar-refractivity contribution in [1.29, 1.82) is 0 Å². The summed E-state index contributed by atoms with van der Waals surface area (Å²) in [6, 6.07) is 15.4. The number of carbonyl (C=O) groups excluding carboxylic acids is 2. The van der Waals surface area contributed by atoms with Crippen LogP contribution >= 0.6 is 0 Å². The van der Waals surface area contributed by atoms with Crippen LogP contribution in [-0.2, 0) is 0 Å². The molecule has 1 aliphatic rings. The Balaban J connectivity index is 0.000000265. The summed E-state index contributed by atoms with van der Waals surface area (Å²) in [5.41, 5.74) is 3.99. The van der Waals surface area contributed by atoms with Crippen molar-refractivity contribution in [2.24, 2.45) is 0 Å². The van der Waals surface area contributed by atoms with Gasteiger partial charge in [0.15, 0.2) is 5.78 Å². The summed E-state index contributed by atoms with van der Waals surface area (Å²) in [6.45, 7) is 11.5. The molecule has 1 heterocycles.